The first kappa shape index (κ1) is 36.0. The summed E-state index contributed by atoms with van der Waals surface area (Å²) in [6.07, 6.45) is -1.71. The van der Waals surface area contributed by atoms with Crippen LogP contribution >= 0.6 is 0 Å². The van der Waals surface area contributed by atoms with Gasteiger partial charge in [0.1, 0.15) is 17.4 Å². The smallest absolute Gasteiger partial charge is 0.493 e. The molecule has 2 bridgehead atoms. The fraction of sp³-hybridized carbons (Fsp3) is 0.629. The Morgan fingerprint density at radius 2 is 1.80 bits per heavy atom. The number of rotatable bonds is 11. The highest BCUT2D eigenvalue weighted by Crippen LogP contribution is 2.68. The van der Waals surface area contributed by atoms with E-state index in [9.17, 15) is 34.2 Å². The van der Waals surface area contributed by atoms with Crippen molar-refractivity contribution in [2.45, 2.75) is 121 Å². The maximum absolute atomic E-state index is 13.4. The number of ether oxygens (including phenoxy) is 6. The number of esters is 2. The van der Waals surface area contributed by atoms with E-state index >= 15 is 0 Å². The second kappa shape index (κ2) is 13.2. The summed E-state index contributed by atoms with van der Waals surface area (Å²) in [5.74, 6) is -2.75. The molecule has 1 aromatic carbocycles. The van der Waals surface area contributed by atoms with Crippen molar-refractivity contribution >= 4 is 30.0 Å². The third-order valence-electron chi connectivity index (χ3n) is 10.1. The van der Waals surface area contributed by atoms with E-state index in [1.54, 1.807) is 26.8 Å². The Morgan fingerprint density at radius 3 is 2.45 bits per heavy atom. The molecule has 1 spiro atoms. The van der Waals surface area contributed by atoms with E-state index in [4.69, 9.17) is 28.4 Å². The van der Waals surface area contributed by atoms with Gasteiger partial charge >= 0.3 is 24.1 Å². The van der Waals surface area contributed by atoms with Crippen LogP contribution in [0.4, 0.5) is 4.79 Å². The van der Waals surface area contributed by atoms with Crippen molar-refractivity contribution in [1.82, 2.24) is 5.32 Å². The molecule has 0 aromatic heterocycles. The second-order valence-corrected chi connectivity index (χ2v) is 14.4. The number of benzene rings is 1. The summed E-state index contributed by atoms with van der Waals surface area (Å²) in [6, 6.07) is 2.35. The summed E-state index contributed by atoms with van der Waals surface area (Å²) >= 11 is 0. The molecule has 5 rings (SSSR count). The minimum absolute atomic E-state index is 0.0391. The lowest BCUT2D eigenvalue weighted by molar-refractivity contribution is -0.177. The van der Waals surface area contributed by atoms with Crippen LogP contribution in [0.2, 0.25) is 0 Å². The van der Waals surface area contributed by atoms with Gasteiger partial charge in [-0.15, -0.1) is 0 Å². The quantitative estimate of drug-likeness (QED) is 0.226. The highest BCUT2D eigenvalue weighted by atomic mass is 16.7. The van der Waals surface area contributed by atoms with Gasteiger partial charge in [-0.3, -0.25) is 9.59 Å². The van der Waals surface area contributed by atoms with Crippen molar-refractivity contribution in [1.29, 1.82) is 0 Å². The first-order valence-electron chi connectivity index (χ1n) is 16.5. The summed E-state index contributed by atoms with van der Waals surface area (Å²) in [7, 11) is 1.54. The molecule has 14 nitrogen and oxygen atoms in total. The summed E-state index contributed by atoms with van der Waals surface area (Å²) in [5.41, 5.74) is -0.956. The molecule has 0 radical (unpaired) electrons. The van der Waals surface area contributed by atoms with E-state index in [2.05, 4.69) is 12.2 Å². The molecule has 14 heteroatoms. The first-order chi connectivity index (χ1) is 22.9. The average molecular weight is 688 g/mol. The summed E-state index contributed by atoms with van der Waals surface area (Å²) in [6.45, 7) is 9.52. The number of hydrogen-bond donors (Lipinski definition) is 3. The number of carboxylic acid groups (broad SMARTS) is 1. The Hall–Kier alpha value is -4.33. The monoisotopic (exact) mass is 687 g/mol. The van der Waals surface area contributed by atoms with E-state index in [-0.39, 0.29) is 30.4 Å². The first-order valence-corrected chi connectivity index (χ1v) is 16.5. The third-order valence-corrected chi connectivity index (χ3v) is 10.1. The number of carbonyl (C=O) groups excluding carboxylic acids is 4. The van der Waals surface area contributed by atoms with E-state index < -0.39 is 77.4 Å². The van der Waals surface area contributed by atoms with Gasteiger partial charge in [0, 0.05) is 12.0 Å². The Balaban J connectivity index is 1.30. The molecule has 1 amide bonds. The molecule has 3 aliphatic carbocycles. The second-order valence-electron chi connectivity index (χ2n) is 14.4. The van der Waals surface area contributed by atoms with Crippen LogP contribution in [0.5, 0.6) is 11.5 Å². The van der Waals surface area contributed by atoms with Crippen molar-refractivity contribution in [3.05, 3.63) is 35.1 Å². The van der Waals surface area contributed by atoms with E-state index in [0.29, 0.717) is 24.3 Å². The zero-order valence-corrected chi connectivity index (χ0v) is 28.8. The molecule has 3 N–H and O–H groups in total. The lowest BCUT2D eigenvalue weighted by Crippen LogP contribution is -2.69. The van der Waals surface area contributed by atoms with Gasteiger partial charge in [0.15, 0.2) is 29.8 Å². The zero-order valence-electron chi connectivity index (χ0n) is 28.8. The summed E-state index contributed by atoms with van der Waals surface area (Å²) < 4.78 is 33.3. The molecular formula is C35H45NO13. The van der Waals surface area contributed by atoms with E-state index in [1.807, 2.05) is 12.1 Å². The minimum Gasteiger partial charge on any atom is -0.493 e. The highest BCUT2D eigenvalue weighted by molar-refractivity contribution is 5.89. The average Bonchev–Trinajstić information content (AvgIpc) is 3.37. The normalized spacial score (nSPS) is 27.9. The van der Waals surface area contributed by atoms with Crippen LogP contribution in [0, 0.1) is 11.8 Å². The van der Waals surface area contributed by atoms with Crippen LogP contribution in [-0.4, -0.2) is 82.8 Å². The van der Waals surface area contributed by atoms with Crippen LogP contribution in [0.15, 0.2) is 24.0 Å². The SMILES string of the molecule is COc1ccc2c3c1O[C@H]1C(OC(=O)[C@H](C)OC(=O)[C@H](CCC(=O)O)NC(=O)[C@H](C)OC(=O)OC(C)(C)C)=CC[C@@]4(O)[C@@H](C2)C(C)CC[C@]314. The molecule has 1 aromatic rings. The molecule has 1 aliphatic heterocycles. The number of amides is 1. The van der Waals surface area contributed by atoms with Gasteiger partial charge in [-0.05, 0) is 96.3 Å². The lowest BCUT2D eigenvalue weighted by Gasteiger charge is -2.61. The molecule has 1 fully saturated rings. The van der Waals surface area contributed by atoms with Crippen molar-refractivity contribution in [3.63, 3.8) is 0 Å². The Kier molecular flexibility index (Phi) is 9.67. The van der Waals surface area contributed by atoms with Gasteiger partial charge in [-0.25, -0.2) is 14.4 Å². The van der Waals surface area contributed by atoms with Crippen LogP contribution in [0.1, 0.15) is 84.8 Å². The van der Waals surface area contributed by atoms with Crippen LogP contribution in [-0.2, 0) is 50.0 Å². The number of aliphatic hydroxyl groups is 1. The minimum atomic E-state index is -1.49. The van der Waals surface area contributed by atoms with E-state index in [1.165, 1.54) is 21.0 Å². The molecule has 268 valence electrons. The molecule has 1 unspecified atom stereocenters. The van der Waals surface area contributed by atoms with Gasteiger partial charge < -0.3 is 44.0 Å². The molecule has 0 saturated heterocycles. The topological polar surface area (TPSA) is 193 Å². The zero-order chi connectivity index (χ0) is 36.1. The summed E-state index contributed by atoms with van der Waals surface area (Å²) in [5, 5.41) is 23.9. The van der Waals surface area contributed by atoms with Crippen molar-refractivity contribution in [3.8, 4) is 11.5 Å². The number of nitrogens with one attached hydrogen (secondary N) is 1. The van der Waals surface area contributed by atoms with Gasteiger partial charge in [0.05, 0.1) is 18.1 Å². The molecular weight excluding hydrogens is 642 g/mol. The Bertz CT molecular complexity index is 1560. The number of aliphatic carboxylic acids is 1. The fourth-order valence-electron chi connectivity index (χ4n) is 7.75. The van der Waals surface area contributed by atoms with Gasteiger partial charge in [0.2, 0.25) is 0 Å². The molecule has 49 heavy (non-hydrogen) atoms. The Labute approximate surface area is 284 Å². The van der Waals surface area contributed by atoms with Crippen LogP contribution < -0.4 is 14.8 Å². The third kappa shape index (κ3) is 6.54. The van der Waals surface area contributed by atoms with Gasteiger partial charge in [0.25, 0.3) is 5.91 Å². The number of carboxylic acids is 1. The number of methoxy groups -OCH3 is 1. The fourth-order valence-corrected chi connectivity index (χ4v) is 7.75. The van der Waals surface area contributed by atoms with Crippen LogP contribution in [0.3, 0.4) is 0 Å². The number of hydrogen-bond acceptors (Lipinski definition) is 12. The highest BCUT2D eigenvalue weighted by Gasteiger charge is 2.72. The molecule has 4 aliphatic rings. The molecule has 1 heterocycles. The van der Waals surface area contributed by atoms with Crippen molar-refractivity contribution in [2.24, 2.45) is 11.8 Å². The van der Waals surface area contributed by atoms with Crippen molar-refractivity contribution < 1.29 is 62.6 Å². The standard InChI is InChI=1S/C35H45NO13/c1-17-12-14-34-26-20-8-10-23(44-7)27(26)48-28(34)24(13-15-35(34,43)21(17)16-20)47-30(40)19(3)45-31(41)22(9-11-25(37)38)36-29(39)18(2)46-32(42)49-33(4,5)6/h8,10,13,17-19,21-22,28,43H,9,11-12,14-16H2,1-7H3,(H,36,39)(H,37,38)/t17?,18-,19-,21-,22-,28-,34-,35+/m0/s1. The van der Waals surface area contributed by atoms with E-state index in [0.717, 1.165) is 17.5 Å². The predicted molar refractivity (Wildman–Crippen MR) is 170 cm³/mol. The number of carbonyl (C=O) groups is 5. The molecule has 8 atom stereocenters. The summed E-state index contributed by atoms with van der Waals surface area (Å²) in [4.78, 5) is 62.7. The molecule has 1 saturated carbocycles. The van der Waals surface area contributed by atoms with Gasteiger partial charge in [-0.2, -0.15) is 0 Å². The Morgan fingerprint density at radius 1 is 1.08 bits per heavy atom. The largest absolute Gasteiger partial charge is 0.509 e. The van der Waals surface area contributed by atoms with Crippen LogP contribution in [0.25, 0.3) is 0 Å². The predicted octanol–water partition coefficient (Wildman–Crippen LogP) is 3.48. The van der Waals surface area contributed by atoms with Crippen molar-refractivity contribution in [2.75, 3.05) is 7.11 Å². The van der Waals surface area contributed by atoms with Gasteiger partial charge in [-0.1, -0.05) is 13.0 Å². The maximum Gasteiger partial charge on any atom is 0.509 e. The lowest BCUT2D eigenvalue weighted by atomic mass is 9.45. The maximum atomic E-state index is 13.4.